The molecule has 3 aromatic carbocycles. The second-order valence-corrected chi connectivity index (χ2v) is 11.1. The number of ether oxygens (including phenoxy) is 2. The van der Waals surface area contributed by atoms with Crippen LogP contribution in [0.2, 0.25) is 0 Å². The maximum absolute atomic E-state index is 15.3. The molecule has 0 saturated carbocycles. The summed E-state index contributed by atoms with van der Waals surface area (Å²) in [6.45, 7) is 1.26. The first-order valence-corrected chi connectivity index (χ1v) is 14.4. The number of fused-ring (bicyclic) bond motifs is 10. The van der Waals surface area contributed by atoms with Crippen LogP contribution in [0.4, 0.5) is 35.2 Å². The number of nitrogens with one attached hydrogen (secondary N) is 2. The third kappa shape index (κ3) is 6.89. The van der Waals surface area contributed by atoms with Gasteiger partial charge in [0.15, 0.2) is 17.7 Å². The lowest BCUT2D eigenvalue weighted by molar-refractivity contribution is -0.131. The fraction of sp³-hybridized carbons (Fsp3) is 0.303. The smallest absolute Gasteiger partial charge is 0.411 e. The van der Waals surface area contributed by atoms with Crippen LogP contribution in [0.25, 0.3) is 10.8 Å². The summed E-state index contributed by atoms with van der Waals surface area (Å²) in [5.41, 5.74) is 9.26. The first-order chi connectivity index (χ1) is 21.6. The number of aryl methyl sites for hydroxylation is 1. The van der Waals surface area contributed by atoms with Gasteiger partial charge in [-0.25, -0.2) is 22.9 Å². The van der Waals surface area contributed by atoms with Gasteiger partial charge in [-0.2, -0.15) is 0 Å². The summed E-state index contributed by atoms with van der Waals surface area (Å²) in [7, 11) is 1.52. The molecule has 2 unspecified atom stereocenters. The molecule has 12 heteroatoms. The third-order valence-corrected chi connectivity index (χ3v) is 7.76. The number of aromatic nitrogens is 1. The number of nitrogens with zero attached hydrogens (tertiary/aromatic N) is 2. The van der Waals surface area contributed by atoms with Crippen molar-refractivity contribution in [2.24, 2.45) is 0 Å². The van der Waals surface area contributed by atoms with Crippen molar-refractivity contribution in [1.29, 1.82) is 0 Å². The van der Waals surface area contributed by atoms with E-state index in [0.717, 1.165) is 28.0 Å². The van der Waals surface area contributed by atoms with Crippen LogP contribution in [0.3, 0.4) is 0 Å². The van der Waals surface area contributed by atoms with Crippen molar-refractivity contribution in [2.45, 2.75) is 38.5 Å². The van der Waals surface area contributed by atoms with Crippen LogP contribution in [0.15, 0.2) is 60.8 Å². The monoisotopic (exact) mass is 621 g/mol. The quantitative estimate of drug-likeness (QED) is 0.227. The number of pyridine rings is 1. The summed E-state index contributed by atoms with van der Waals surface area (Å²) >= 11 is 0. The minimum Gasteiger partial charge on any atom is -0.482 e. The molecular formula is C33H34F3N5O4. The minimum atomic E-state index is -1.55. The number of likely N-dealkylation sites (N-methyl/N-ethyl adjacent to an activating group) is 1. The molecule has 4 N–H and O–H groups in total. The van der Waals surface area contributed by atoms with Crippen LogP contribution in [-0.4, -0.2) is 55.0 Å². The summed E-state index contributed by atoms with van der Waals surface area (Å²) in [6, 6.07) is 14.4. The highest BCUT2D eigenvalue weighted by molar-refractivity contribution is 5.94. The molecule has 2 aliphatic rings. The van der Waals surface area contributed by atoms with Crippen molar-refractivity contribution >= 4 is 40.0 Å². The Morgan fingerprint density at radius 1 is 1.13 bits per heavy atom. The van der Waals surface area contributed by atoms with Crippen molar-refractivity contribution in [3.63, 3.8) is 0 Å². The van der Waals surface area contributed by atoms with Gasteiger partial charge in [0, 0.05) is 54.1 Å². The summed E-state index contributed by atoms with van der Waals surface area (Å²) < 4.78 is 52.9. The lowest BCUT2D eigenvalue weighted by Gasteiger charge is -2.28. The molecule has 9 nitrogen and oxygen atoms in total. The van der Waals surface area contributed by atoms with Crippen LogP contribution >= 0.6 is 0 Å². The number of benzene rings is 3. The number of nitrogen functional groups attached to an aromatic ring is 1. The largest absolute Gasteiger partial charge is 0.482 e. The predicted molar refractivity (Wildman–Crippen MR) is 166 cm³/mol. The first kappa shape index (κ1) is 31.4. The standard InChI is InChI=1S/C33H34F3N5O4/c1-18-10-21-4-6-26(18)19(2)17-44-33(43)40-24-12-22(30(28(36)13-24)45-25(14-34)15-35)16-41(3)32(42)29(21)39-23-5-7-27-20(11-23)8-9-38-31(27)37/h4-13,19,25,29,39H,14-17H2,1-3H3,(H2,37,38)(H,40,43). The molecule has 1 aromatic heterocycles. The molecule has 0 aliphatic carbocycles. The zero-order valence-electron chi connectivity index (χ0n) is 25.1. The van der Waals surface area contributed by atoms with Crippen LogP contribution in [0.1, 0.15) is 41.1 Å². The average Bonchev–Trinajstić information content (AvgIpc) is 3.01. The molecule has 45 heavy (non-hydrogen) atoms. The zero-order valence-corrected chi connectivity index (χ0v) is 25.1. The van der Waals surface area contributed by atoms with Gasteiger partial charge in [-0.1, -0.05) is 25.1 Å². The highest BCUT2D eigenvalue weighted by Crippen LogP contribution is 2.33. The van der Waals surface area contributed by atoms with Gasteiger partial charge in [0.2, 0.25) is 5.91 Å². The normalized spacial score (nSPS) is 17.4. The topological polar surface area (TPSA) is 119 Å². The van der Waals surface area contributed by atoms with Gasteiger partial charge in [-0.3, -0.25) is 10.1 Å². The SMILES string of the molecule is Cc1cc2ccc1C(C)COC(=O)Nc1cc(F)c(OC(CF)CF)c(c1)CN(C)C(=O)C2Nc1ccc2c(N)nccc2c1. The Bertz CT molecular complexity index is 1730. The number of nitrogens with two attached hydrogens (primary N) is 1. The summed E-state index contributed by atoms with van der Waals surface area (Å²) in [6.07, 6.45) is -0.754. The van der Waals surface area contributed by atoms with E-state index < -0.39 is 43.2 Å². The first-order valence-electron chi connectivity index (χ1n) is 14.4. The molecule has 6 rings (SSSR count). The molecule has 2 atom stereocenters. The molecule has 236 valence electrons. The summed E-state index contributed by atoms with van der Waals surface area (Å²) in [5, 5.41) is 7.43. The van der Waals surface area contributed by atoms with Crippen LogP contribution < -0.4 is 21.1 Å². The lowest BCUT2D eigenvalue weighted by atomic mass is 9.93. The molecule has 0 spiro atoms. The molecule has 3 heterocycles. The van der Waals surface area contributed by atoms with E-state index >= 15 is 4.39 Å². The van der Waals surface area contributed by atoms with Gasteiger partial charge < -0.3 is 25.4 Å². The van der Waals surface area contributed by atoms with E-state index in [9.17, 15) is 18.4 Å². The van der Waals surface area contributed by atoms with Gasteiger partial charge in [0.25, 0.3) is 0 Å². The number of hydrogen-bond acceptors (Lipinski definition) is 7. The third-order valence-electron chi connectivity index (χ3n) is 7.76. The Morgan fingerprint density at radius 3 is 2.64 bits per heavy atom. The number of carbonyl (C=O) groups excluding carboxylic acids is 2. The van der Waals surface area contributed by atoms with Crippen molar-refractivity contribution < 1.29 is 32.2 Å². The number of alkyl halides is 2. The fourth-order valence-electron chi connectivity index (χ4n) is 5.42. The lowest BCUT2D eigenvalue weighted by Crippen LogP contribution is -2.35. The summed E-state index contributed by atoms with van der Waals surface area (Å²) in [5.74, 6) is -1.57. The number of amides is 2. The Hall–Kier alpha value is -5.00. The van der Waals surface area contributed by atoms with E-state index in [4.69, 9.17) is 15.2 Å². The second-order valence-electron chi connectivity index (χ2n) is 11.1. The number of halogens is 3. The fourth-order valence-corrected chi connectivity index (χ4v) is 5.42. The Labute approximate surface area is 258 Å². The molecule has 0 fully saturated rings. The van der Waals surface area contributed by atoms with E-state index in [2.05, 4.69) is 15.6 Å². The Morgan fingerprint density at radius 2 is 1.91 bits per heavy atom. The number of anilines is 3. The Balaban J connectivity index is 1.58. The Kier molecular flexibility index (Phi) is 9.31. The summed E-state index contributed by atoms with van der Waals surface area (Å²) in [4.78, 5) is 32.3. The van der Waals surface area contributed by atoms with E-state index in [0.29, 0.717) is 17.1 Å². The molecule has 0 saturated heterocycles. The molecule has 4 aromatic rings. The van der Waals surface area contributed by atoms with Crippen molar-refractivity contribution in [2.75, 3.05) is 43.4 Å². The van der Waals surface area contributed by atoms with E-state index in [1.165, 1.54) is 18.0 Å². The maximum atomic E-state index is 15.3. The van der Waals surface area contributed by atoms with Crippen molar-refractivity contribution in [3.05, 3.63) is 88.9 Å². The molecule has 2 aliphatic heterocycles. The minimum absolute atomic E-state index is 0.0246. The van der Waals surface area contributed by atoms with E-state index in [1.54, 1.807) is 12.3 Å². The number of rotatable bonds is 6. The molecule has 2 amide bonds. The highest BCUT2D eigenvalue weighted by Gasteiger charge is 2.28. The van der Waals surface area contributed by atoms with Gasteiger partial charge >= 0.3 is 6.09 Å². The van der Waals surface area contributed by atoms with Crippen LogP contribution in [0.5, 0.6) is 5.75 Å². The average molecular weight is 622 g/mol. The van der Waals surface area contributed by atoms with E-state index in [-0.39, 0.29) is 36.2 Å². The molecule has 0 radical (unpaired) electrons. The maximum Gasteiger partial charge on any atom is 0.411 e. The number of carbonyl (C=O) groups is 2. The predicted octanol–water partition coefficient (Wildman–Crippen LogP) is 6.43. The van der Waals surface area contributed by atoms with Crippen LogP contribution in [0, 0.1) is 12.7 Å². The zero-order chi connectivity index (χ0) is 32.2. The molecule has 4 bridgehead atoms. The van der Waals surface area contributed by atoms with E-state index in [1.807, 2.05) is 50.2 Å². The van der Waals surface area contributed by atoms with Crippen molar-refractivity contribution in [3.8, 4) is 5.75 Å². The van der Waals surface area contributed by atoms with Gasteiger partial charge in [0.05, 0.1) is 6.61 Å². The highest BCUT2D eigenvalue weighted by atomic mass is 19.1. The van der Waals surface area contributed by atoms with Gasteiger partial charge in [-0.15, -0.1) is 0 Å². The number of hydrogen-bond donors (Lipinski definition) is 3. The van der Waals surface area contributed by atoms with Gasteiger partial charge in [0.1, 0.15) is 25.2 Å². The van der Waals surface area contributed by atoms with Crippen molar-refractivity contribution in [1.82, 2.24) is 9.88 Å². The van der Waals surface area contributed by atoms with Gasteiger partial charge in [-0.05, 0) is 59.3 Å². The molecular weight excluding hydrogens is 587 g/mol. The van der Waals surface area contributed by atoms with Crippen LogP contribution in [-0.2, 0) is 16.1 Å². The second kappa shape index (κ2) is 13.3.